The fourth-order valence-corrected chi connectivity index (χ4v) is 2.63. The minimum absolute atomic E-state index is 0.105. The number of hydrogen-bond acceptors (Lipinski definition) is 4. The normalized spacial score (nSPS) is 18.1. The molecule has 2 rings (SSSR count). The smallest absolute Gasteiger partial charge is 0.320 e. The molecule has 0 radical (unpaired) electrons. The lowest BCUT2D eigenvalue weighted by molar-refractivity contribution is -0.142. The van der Waals surface area contributed by atoms with Crippen LogP contribution < -0.4 is 10.1 Å². The summed E-state index contributed by atoms with van der Waals surface area (Å²) in [5.41, 5.74) is 0. The van der Waals surface area contributed by atoms with Crippen molar-refractivity contribution < 1.29 is 19.4 Å². The predicted molar refractivity (Wildman–Crippen MR) is 82.2 cm³/mol. The van der Waals surface area contributed by atoms with E-state index in [1.807, 2.05) is 0 Å². The summed E-state index contributed by atoms with van der Waals surface area (Å²) in [4.78, 5) is 24.5. The molecule has 1 heterocycles. The maximum atomic E-state index is 11.8. The van der Waals surface area contributed by atoms with E-state index >= 15 is 0 Å². The van der Waals surface area contributed by atoms with Gasteiger partial charge in [-0.3, -0.25) is 14.5 Å². The number of carboxylic acids is 1. The van der Waals surface area contributed by atoms with E-state index in [0.717, 1.165) is 6.42 Å². The third-order valence-electron chi connectivity index (χ3n) is 3.48. The van der Waals surface area contributed by atoms with E-state index < -0.39 is 12.0 Å². The fraction of sp³-hybridized carbons (Fsp3) is 0.467. The van der Waals surface area contributed by atoms with Crippen LogP contribution in [0.3, 0.4) is 0 Å². The molecule has 120 valence electrons. The molecule has 0 bridgehead atoms. The summed E-state index contributed by atoms with van der Waals surface area (Å²) in [5.74, 6) is -0.412. The zero-order chi connectivity index (χ0) is 15.9. The van der Waals surface area contributed by atoms with Gasteiger partial charge in [-0.1, -0.05) is 17.7 Å². The molecule has 1 aliphatic rings. The van der Waals surface area contributed by atoms with E-state index in [9.17, 15) is 9.59 Å². The van der Waals surface area contributed by atoms with Crippen molar-refractivity contribution in [3.05, 3.63) is 29.3 Å². The van der Waals surface area contributed by atoms with Gasteiger partial charge in [0, 0.05) is 5.02 Å². The molecule has 1 unspecified atom stereocenters. The summed E-state index contributed by atoms with van der Waals surface area (Å²) in [7, 11) is 0. The van der Waals surface area contributed by atoms with Gasteiger partial charge >= 0.3 is 5.97 Å². The molecule has 7 heteroatoms. The molecule has 2 N–H and O–H groups in total. The molecule has 0 aromatic heterocycles. The van der Waals surface area contributed by atoms with Crippen LogP contribution in [0.4, 0.5) is 0 Å². The van der Waals surface area contributed by atoms with E-state index in [4.69, 9.17) is 21.4 Å². The SMILES string of the molecule is O=C(CN1CCCC1C(=O)O)NCCOc1cccc(Cl)c1. The van der Waals surface area contributed by atoms with Gasteiger partial charge in [0.1, 0.15) is 18.4 Å². The Morgan fingerprint density at radius 2 is 2.27 bits per heavy atom. The predicted octanol–water partition coefficient (Wildman–Crippen LogP) is 1.38. The number of hydrogen-bond donors (Lipinski definition) is 2. The van der Waals surface area contributed by atoms with Gasteiger partial charge in [-0.2, -0.15) is 0 Å². The molecule has 0 aliphatic carbocycles. The second-order valence-corrected chi connectivity index (χ2v) is 5.56. The first-order valence-corrected chi connectivity index (χ1v) is 7.56. The van der Waals surface area contributed by atoms with E-state index in [2.05, 4.69) is 5.32 Å². The van der Waals surface area contributed by atoms with Crippen molar-refractivity contribution in [2.75, 3.05) is 26.2 Å². The highest BCUT2D eigenvalue weighted by atomic mass is 35.5. The molecule has 1 atom stereocenters. The maximum Gasteiger partial charge on any atom is 0.320 e. The number of benzene rings is 1. The van der Waals surface area contributed by atoms with Gasteiger partial charge in [-0.05, 0) is 37.6 Å². The quantitative estimate of drug-likeness (QED) is 0.740. The van der Waals surface area contributed by atoms with Crippen LogP contribution in [-0.4, -0.2) is 54.2 Å². The Morgan fingerprint density at radius 3 is 3.00 bits per heavy atom. The Kier molecular flexibility index (Phi) is 6.03. The fourth-order valence-electron chi connectivity index (χ4n) is 2.45. The van der Waals surface area contributed by atoms with E-state index in [-0.39, 0.29) is 12.5 Å². The minimum Gasteiger partial charge on any atom is -0.492 e. The Balaban J connectivity index is 1.66. The average molecular weight is 327 g/mol. The van der Waals surface area contributed by atoms with Gasteiger partial charge in [0.25, 0.3) is 0 Å². The van der Waals surface area contributed by atoms with Gasteiger partial charge in [0.05, 0.1) is 13.1 Å². The van der Waals surface area contributed by atoms with E-state index in [1.54, 1.807) is 29.2 Å². The van der Waals surface area contributed by atoms with Crippen molar-refractivity contribution in [1.82, 2.24) is 10.2 Å². The second kappa shape index (κ2) is 8.00. The summed E-state index contributed by atoms with van der Waals surface area (Å²) in [5, 5.41) is 12.4. The Bertz CT molecular complexity index is 538. The highest BCUT2D eigenvalue weighted by molar-refractivity contribution is 6.30. The van der Waals surface area contributed by atoms with E-state index in [1.165, 1.54) is 0 Å². The maximum absolute atomic E-state index is 11.8. The van der Waals surface area contributed by atoms with Crippen LogP contribution in [0.1, 0.15) is 12.8 Å². The highest BCUT2D eigenvalue weighted by Crippen LogP contribution is 2.17. The molecule has 0 spiro atoms. The lowest BCUT2D eigenvalue weighted by Crippen LogP contribution is -2.43. The molecule has 22 heavy (non-hydrogen) atoms. The number of rotatable bonds is 7. The number of halogens is 1. The second-order valence-electron chi connectivity index (χ2n) is 5.12. The lowest BCUT2D eigenvalue weighted by atomic mass is 10.2. The largest absolute Gasteiger partial charge is 0.492 e. The number of ether oxygens (including phenoxy) is 1. The number of nitrogens with zero attached hydrogens (tertiary/aromatic N) is 1. The summed E-state index contributed by atoms with van der Waals surface area (Å²) in [6.45, 7) is 1.43. The topological polar surface area (TPSA) is 78.9 Å². The van der Waals surface area contributed by atoms with Crippen molar-refractivity contribution in [3.63, 3.8) is 0 Å². The molecule has 1 amide bonds. The van der Waals surface area contributed by atoms with Crippen LogP contribution in [-0.2, 0) is 9.59 Å². The summed E-state index contributed by atoms with van der Waals surface area (Å²) in [6.07, 6.45) is 1.41. The number of aliphatic carboxylic acids is 1. The van der Waals surface area contributed by atoms with Crippen LogP contribution in [0.25, 0.3) is 0 Å². The molecule has 1 aromatic carbocycles. The Hall–Kier alpha value is -1.79. The van der Waals surface area contributed by atoms with Crippen molar-refractivity contribution in [2.24, 2.45) is 0 Å². The van der Waals surface area contributed by atoms with Crippen LogP contribution in [0.15, 0.2) is 24.3 Å². The summed E-state index contributed by atoms with van der Waals surface area (Å²) in [6, 6.07) is 6.48. The summed E-state index contributed by atoms with van der Waals surface area (Å²) >= 11 is 5.84. The number of carbonyl (C=O) groups is 2. The molecule has 0 saturated carbocycles. The number of carbonyl (C=O) groups excluding carboxylic acids is 1. The van der Waals surface area contributed by atoms with Gasteiger partial charge < -0.3 is 15.2 Å². The first-order chi connectivity index (χ1) is 10.6. The number of amides is 1. The van der Waals surface area contributed by atoms with Gasteiger partial charge in [-0.15, -0.1) is 0 Å². The van der Waals surface area contributed by atoms with Crippen LogP contribution in [0.5, 0.6) is 5.75 Å². The van der Waals surface area contributed by atoms with Crippen LogP contribution >= 0.6 is 11.6 Å². The number of carboxylic acid groups (broad SMARTS) is 1. The molecule has 1 fully saturated rings. The van der Waals surface area contributed by atoms with Gasteiger partial charge in [0.15, 0.2) is 0 Å². The molecule has 1 aliphatic heterocycles. The summed E-state index contributed by atoms with van der Waals surface area (Å²) < 4.78 is 5.46. The number of nitrogens with one attached hydrogen (secondary N) is 1. The average Bonchev–Trinajstić information content (AvgIpc) is 2.92. The Morgan fingerprint density at radius 1 is 1.45 bits per heavy atom. The molecular weight excluding hydrogens is 308 g/mol. The number of likely N-dealkylation sites (tertiary alicyclic amines) is 1. The van der Waals surface area contributed by atoms with Gasteiger partial charge in [-0.25, -0.2) is 0 Å². The third kappa shape index (κ3) is 4.89. The minimum atomic E-state index is -0.866. The van der Waals surface area contributed by atoms with Gasteiger partial charge in [0.2, 0.25) is 5.91 Å². The molecule has 1 aromatic rings. The first kappa shape index (κ1) is 16.6. The molecule has 1 saturated heterocycles. The van der Waals surface area contributed by atoms with Crippen molar-refractivity contribution in [3.8, 4) is 5.75 Å². The van der Waals surface area contributed by atoms with Crippen molar-refractivity contribution in [2.45, 2.75) is 18.9 Å². The monoisotopic (exact) mass is 326 g/mol. The Labute approximate surface area is 134 Å². The first-order valence-electron chi connectivity index (χ1n) is 7.18. The zero-order valence-corrected chi connectivity index (χ0v) is 12.9. The van der Waals surface area contributed by atoms with Crippen molar-refractivity contribution in [1.29, 1.82) is 0 Å². The van der Waals surface area contributed by atoms with Crippen molar-refractivity contribution >= 4 is 23.5 Å². The highest BCUT2D eigenvalue weighted by Gasteiger charge is 2.31. The molecule has 6 nitrogen and oxygen atoms in total. The zero-order valence-electron chi connectivity index (χ0n) is 12.1. The van der Waals surface area contributed by atoms with E-state index in [0.29, 0.717) is 36.9 Å². The molecular formula is C15H19ClN2O4. The van der Waals surface area contributed by atoms with Crippen LogP contribution in [0, 0.1) is 0 Å². The third-order valence-corrected chi connectivity index (χ3v) is 3.72. The standard InChI is InChI=1S/C15H19ClN2O4/c16-11-3-1-4-12(9-11)22-8-6-17-14(19)10-18-7-2-5-13(18)15(20)21/h1,3-4,9,13H,2,5-8,10H2,(H,17,19)(H,20,21). The van der Waals surface area contributed by atoms with Crippen LogP contribution in [0.2, 0.25) is 5.02 Å². The lowest BCUT2D eigenvalue weighted by Gasteiger charge is -2.20.